The molecule has 24 heavy (non-hydrogen) atoms. The molecule has 1 heterocycles. The van der Waals surface area contributed by atoms with Crippen LogP contribution in [0.4, 0.5) is 10.1 Å². The lowest BCUT2D eigenvalue weighted by Gasteiger charge is -2.19. The van der Waals surface area contributed by atoms with Crippen molar-refractivity contribution in [2.75, 3.05) is 0 Å². The zero-order valence-electron chi connectivity index (χ0n) is 12.8. The number of carbonyl (C=O) groups excluding carboxylic acids is 1. The van der Waals surface area contributed by atoms with Crippen LogP contribution in [0.5, 0.6) is 11.5 Å². The fourth-order valence-corrected chi connectivity index (χ4v) is 2.44. The second-order valence-corrected chi connectivity index (χ2v) is 6.23. The van der Waals surface area contributed by atoms with Crippen molar-refractivity contribution in [2.45, 2.75) is 19.4 Å². The van der Waals surface area contributed by atoms with Crippen LogP contribution in [0.3, 0.4) is 0 Å². The highest BCUT2D eigenvalue weighted by molar-refractivity contribution is 7.12. The number of amides is 1. The number of nitrogens with one attached hydrogen (secondary N) is 1. The molecule has 0 saturated heterocycles. The number of ether oxygens (including phenoxy) is 1. The maximum absolute atomic E-state index is 13.9. The molecule has 8 heteroatoms. The third kappa shape index (κ3) is 3.88. The number of thiophene rings is 1. The number of carbonyl (C=O) groups is 1. The summed E-state index contributed by atoms with van der Waals surface area (Å²) in [5.74, 6) is 1.01. The van der Waals surface area contributed by atoms with E-state index in [0.717, 1.165) is 29.5 Å². The van der Waals surface area contributed by atoms with Crippen LogP contribution in [0.2, 0.25) is 0 Å². The SMILES string of the molecule is C#CC(C)(C)NC(=O)c1sccc1Oc1ccc([N+](=O)[O-])cc1F. The maximum atomic E-state index is 13.9. The van der Waals surface area contributed by atoms with Crippen LogP contribution in [-0.2, 0) is 0 Å². The minimum Gasteiger partial charge on any atom is -0.453 e. The molecule has 1 N–H and O–H groups in total. The Labute approximate surface area is 141 Å². The highest BCUT2D eigenvalue weighted by Crippen LogP contribution is 2.32. The van der Waals surface area contributed by atoms with E-state index in [-0.39, 0.29) is 22.1 Å². The summed E-state index contributed by atoms with van der Waals surface area (Å²) in [4.78, 5) is 22.4. The van der Waals surface area contributed by atoms with E-state index in [2.05, 4.69) is 11.2 Å². The number of nitro benzene ring substituents is 1. The van der Waals surface area contributed by atoms with E-state index in [4.69, 9.17) is 11.2 Å². The Hall–Kier alpha value is -2.92. The van der Waals surface area contributed by atoms with E-state index in [1.165, 1.54) is 6.07 Å². The van der Waals surface area contributed by atoms with Gasteiger partial charge in [-0.1, -0.05) is 5.92 Å². The van der Waals surface area contributed by atoms with E-state index in [9.17, 15) is 19.3 Å². The minimum absolute atomic E-state index is 0.137. The van der Waals surface area contributed by atoms with Crippen molar-refractivity contribution in [3.8, 4) is 23.8 Å². The summed E-state index contributed by atoms with van der Waals surface area (Å²) in [6.07, 6.45) is 5.33. The maximum Gasteiger partial charge on any atom is 0.272 e. The highest BCUT2D eigenvalue weighted by Gasteiger charge is 2.23. The molecule has 0 spiro atoms. The molecule has 2 rings (SSSR count). The van der Waals surface area contributed by atoms with Gasteiger partial charge in [-0.2, -0.15) is 0 Å². The van der Waals surface area contributed by atoms with Gasteiger partial charge in [0.05, 0.1) is 16.5 Å². The Kier molecular flexibility index (Phi) is 4.85. The molecule has 0 aliphatic rings. The first-order chi connectivity index (χ1) is 11.2. The molecule has 1 amide bonds. The number of hydrogen-bond donors (Lipinski definition) is 1. The van der Waals surface area contributed by atoms with Crippen molar-refractivity contribution < 1.29 is 18.8 Å². The van der Waals surface area contributed by atoms with Crippen LogP contribution in [0, 0.1) is 28.3 Å². The number of benzene rings is 1. The van der Waals surface area contributed by atoms with E-state index in [1.807, 2.05) is 0 Å². The minimum atomic E-state index is -0.897. The first kappa shape index (κ1) is 17.4. The molecule has 0 unspecified atom stereocenters. The Morgan fingerprint density at radius 1 is 1.42 bits per heavy atom. The van der Waals surface area contributed by atoms with Gasteiger partial charge in [-0.25, -0.2) is 4.39 Å². The Morgan fingerprint density at radius 3 is 2.71 bits per heavy atom. The summed E-state index contributed by atoms with van der Waals surface area (Å²) in [5, 5.41) is 14.9. The molecule has 1 aromatic carbocycles. The lowest BCUT2D eigenvalue weighted by molar-refractivity contribution is -0.385. The molecule has 0 atom stereocenters. The number of non-ortho nitro benzene ring substituents is 1. The van der Waals surface area contributed by atoms with Crippen molar-refractivity contribution in [3.05, 3.63) is 50.5 Å². The summed E-state index contributed by atoms with van der Waals surface area (Å²) in [6, 6.07) is 4.51. The zero-order chi connectivity index (χ0) is 17.9. The summed E-state index contributed by atoms with van der Waals surface area (Å²) in [7, 11) is 0. The predicted molar refractivity (Wildman–Crippen MR) is 87.8 cm³/mol. The molecule has 1 aromatic heterocycles. The van der Waals surface area contributed by atoms with Gasteiger partial charge in [0.1, 0.15) is 4.88 Å². The van der Waals surface area contributed by atoms with Gasteiger partial charge in [-0.3, -0.25) is 14.9 Å². The number of rotatable bonds is 5. The standard InChI is InChI=1S/C16H13FN2O4S/c1-4-16(2,3)18-15(20)14-13(7-8-24-14)23-12-6-5-10(19(21)22)9-11(12)17/h1,5-9H,2-3H3,(H,18,20). The van der Waals surface area contributed by atoms with Crippen LogP contribution in [0.25, 0.3) is 0 Å². The summed E-state index contributed by atoms with van der Waals surface area (Å²) < 4.78 is 19.3. The molecule has 0 saturated carbocycles. The monoisotopic (exact) mass is 348 g/mol. The zero-order valence-corrected chi connectivity index (χ0v) is 13.6. The van der Waals surface area contributed by atoms with Gasteiger partial charge in [0.2, 0.25) is 0 Å². The van der Waals surface area contributed by atoms with Crippen molar-refractivity contribution in [2.24, 2.45) is 0 Å². The van der Waals surface area contributed by atoms with Crippen molar-refractivity contribution in [3.63, 3.8) is 0 Å². The third-order valence-electron chi connectivity index (χ3n) is 2.97. The molecule has 6 nitrogen and oxygen atoms in total. The largest absolute Gasteiger partial charge is 0.453 e. The van der Waals surface area contributed by atoms with Gasteiger partial charge >= 0.3 is 0 Å². The Morgan fingerprint density at radius 2 is 2.12 bits per heavy atom. The second-order valence-electron chi connectivity index (χ2n) is 5.31. The molecule has 124 valence electrons. The molecule has 0 fully saturated rings. The molecular weight excluding hydrogens is 335 g/mol. The first-order valence-electron chi connectivity index (χ1n) is 6.73. The normalized spacial score (nSPS) is 10.8. The van der Waals surface area contributed by atoms with E-state index in [0.29, 0.717) is 0 Å². The van der Waals surface area contributed by atoms with Crippen molar-refractivity contribution in [1.82, 2.24) is 5.32 Å². The Bertz CT molecular complexity index is 839. The quantitative estimate of drug-likeness (QED) is 0.507. The lowest BCUT2D eigenvalue weighted by Crippen LogP contribution is -2.41. The summed E-state index contributed by atoms with van der Waals surface area (Å²) in [5.41, 5.74) is -1.24. The molecular formula is C16H13FN2O4S. The van der Waals surface area contributed by atoms with Crippen LogP contribution in [0.15, 0.2) is 29.6 Å². The number of halogens is 1. The lowest BCUT2D eigenvalue weighted by atomic mass is 10.1. The van der Waals surface area contributed by atoms with Gasteiger partial charge in [0.15, 0.2) is 17.3 Å². The average molecular weight is 348 g/mol. The van der Waals surface area contributed by atoms with Gasteiger partial charge in [-0.15, -0.1) is 17.8 Å². The number of nitro groups is 1. The van der Waals surface area contributed by atoms with Crippen LogP contribution >= 0.6 is 11.3 Å². The molecule has 0 radical (unpaired) electrons. The van der Waals surface area contributed by atoms with Crippen molar-refractivity contribution in [1.29, 1.82) is 0 Å². The average Bonchev–Trinajstić information content (AvgIpc) is 2.97. The van der Waals surface area contributed by atoms with Crippen LogP contribution in [0.1, 0.15) is 23.5 Å². The van der Waals surface area contributed by atoms with Gasteiger partial charge in [0.25, 0.3) is 11.6 Å². The van der Waals surface area contributed by atoms with Crippen LogP contribution in [-0.4, -0.2) is 16.4 Å². The van der Waals surface area contributed by atoms with Gasteiger partial charge in [-0.05, 0) is 31.4 Å². The summed E-state index contributed by atoms with van der Waals surface area (Å²) in [6.45, 7) is 3.32. The van der Waals surface area contributed by atoms with E-state index < -0.39 is 22.2 Å². The molecule has 0 bridgehead atoms. The number of hydrogen-bond acceptors (Lipinski definition) is 5. The third-order valence-corrected chi connectivity index (χ3v) is 3.86. The molecule has 0 aliphatic carbocycles. The fraction of sp³-hybridized carbons (Fsp3) is 0.188. The van der Waals surface area contributed by atoms with E-state index >= 15 is 0 Å². The van der Waals surface area contributed by atoms with Crippen molar-refractivity contribution >= 4 is 22.9 Å². The van der Waals surface area contributed by atoms with Crippen LogP contribution < -0.4 is 10.1 Å². The van der Waals surface area contributed by atoms with Gasteiger partial charge < -0.3 is 10.1 Å². The first-order valence-corrected chi connectivity index (χ1v) is 7.61. The molecule has 2 aromatic rings. The van der Waals surface area contributed by atoms with E-state index in [1.54, 1.807) is 19.2 Å². The smallest absolute Gasteiger partial charge is 0.272 e. The topological polar surface area (TPSA) is 81.5 Å². The van der Waals surface area contributed by atoms with Gasteiger partial charge in [0, 0.05) is 6.07 Å². The molecule has 0 aliphatic heterocycles. The Balaban J connectivity index is 2.24. The number of nitrogens with zero attached hydrogens (tertiary/aromatic N) is 1. The second kappa shape index (κ2) is 6.68. The number of terminal acetylenes is 1. The fourth-order valence-electron chi connectivity index (χ4n) is 1.72. The predicted octanol–water partition coefficient (Wildman–Crippen LogP) is 3.73. The summed E-state index contributed by atoms with van der Waals surface area (Å²) >= 11 is 1.11. The highest BCUT2D eigenvalue weighted by atomic mass is 32.1.